The summed E-state index contributed by atoms with van der Waals surface area (Å²) in [6.07, 6.45) is 6.59. The van der Waals surface area contributed by atoms with Crippen LogP contribution in [0, 0.1) is 5.92 Å². The van der Waals surface area contributed by atoms with E-state index in [2.05, 4.69) is 27.6 Å². The second-order valence-corrected chi connectivity index (χ2v) is 9.77. The third-order valence-corrected chi connectivity index (χ3v) is 7.00. The van der Waals surface area contributed by atoms with Crippen molar-refractivity contribution in [2.75, 3.05) is 13.1 Å². The van der Waals surface area contributed by atoms with E-state index in [1.54, 1.807) is 0 Å². The fraction of sp³-hybridized carbons (Fsp3) is 0.615. The molecule has 1 aromatic carbocycles. The second-order valence-electron chi connectivity index (χ2n) is 9.77. The number of carbonyl (C=O) groups is 2. The summed E-state index contributed by atoms with van der Waals surface area (Å²) in [4.78, 5) is 33.2. The molecule has 33 heavy (non-hydrogen) atoms. The predicted octanol–water partition coefficient (Wildman–Crippen LogP) is 4.21. The third-order valence-electron chi connectivity index (χ3n) is 7.00. The van der Waals surface area contributed by atoms with Crippen LogP contribution in [0.1, 0.15) is 87.9 Å². The minimum absolute atomic E-state index is 0.00175. The number of nitrogens with one attached hydrogen (secondary N) is 1. The molecular formula is C26H36N4O3. The van der Waals surface area contributed by atoms with Crippen LogP contribution >= 0.6 is 0 Å². The van der Waals surface area contributed by atoms with Gasteiger partial charge in [-0.2, -0.15) is 4.98 Å². The maximum Gasteiger partial charge on any atom is 0.229 e. The molecule has 0 spiro atoms. The Morgan fingerprint density at radius 3 is 2.70 bits per heavy atom. The van der Waals surface area contributed by atoms with Crippen LogP contribution in [0.4, 0.5) is 0 Å². The zero-order valence-corrected chi connectivity index (χ0v) is 19.8. The summed E-state index contributed by atoms with van der Waals surface area (Å²) in [6, 6.07) is 9.98. The number of amides is 2. The smallest absolute Gasteiger partial charge is 0.229 e. The topological polar surface area (TPSA) is 88.3 Å². The van der Waals surface area contributed by atoms with Gasteiger partial charge in [-0.25, -0.2) is 0 Å². The Morgan fingerprint density at radius 2 is 1.94 bits per heavy atom. The Bertz CT molecular complexity index is 927. The first-order valence-corrected chi connectivity index (χ1v) is 12.5. The van der Waals surface area contributed by atoms with Crippen LogP contribution in [0.15, 0.2) is 34.9 Å². The maximum atomic E-state index is 13.4. The van der Waals surface area contributed by atoms with E-state index in [0.29, 0.717) is 50.5 Å². The molecule has 1 saturated heterocycles. The van der Waals surface area contributed by atoms with Crippen molar-refractivity contribution in [3.8, 4) is 0 Å². The van der Waals surface area contributed by atoms with Gasteiger partial charge in [0.05, 0.1) is 5.92 Å². The number of benzene rings is 1. The van der Waals surface area contributed by atoms with Crippen LogP contribution < -0.4 is 5.32 Å². The largest absolute Gasteiger partial charge is 0.356 e. The summed E-state index contributed by atoms with van der Waals surface area (Å²) in [6.45, 7) is 5.48. The molecule has 0 radical (unpaired) electrons. The molecule has 7 heteroatoms. The van der Waals surface area contributed by atoms with E-state index < -0.39 is 0 Å². The van der Waals surface area contributed by atoms with Crippen molar-refractivity contribution >= 4 is 11.8 Å². The Kier molecular flexibility index (Phi) is 7.78. The standard InChI is InChI=1S/C26H36N4O3/c1-18(2)24-28-26(33-29-24)20-16-21-22(17-20)30(15-9-4-3-8-14-27-25(21)32)23(31)13-12-19-10-6-5-7-11-19/h5-7,10-11,18,20-22H,3-4,8-9,12-17H2,1-2H3,(H,27,32)/t20-,21-,22+/m1/s1. The van der Waals surface area contributed by atoms with Crippen LogP contribution in [0.2, 0.25) is 0 Å². The van der Waals surface area contributed by atoms with E-state index in [1.807, 2.05) is 36.9 Å². The predicted molar refractivity (Wildman–Crippen MR) is 126 cm³/mol. The first-order chi connectivity index (χ1) is 16.0. The molecule has 4 rings (SSSR count). The Hall–Kier alpha value is -2.70. The van der Waals surface area contributed by atoms with Gasteiger partial charge in [0.1, 0.15) is 0 Å². The number of fused-ring (bicyclic) bond motifs is 1. The molecule has 2 aromatic rings. The SMILES string of the molecule is CC(C)c1noc([C@@H]2C[C@H]3C(=O)NCCCCCCN(C(=O)CCc4ccccc4)[C@H]3C2)n1. The van der Waals surface area contributed by atoms with Crippen molar-refractivity contribution < 1.29 is 14.1 Å². The number of aryl methyl sites for hydroxylation is 1. The number of nitrogens with zero attached hydrogens (tertiary/aromatic N) is 3. The van der Waals surface area contributed by atoms with E-state index in [1.165, 1.54) is 0 Å². The van der Waals surface area contributed by atoms with Gasteiger partial charge in [0, 0.05) is 37.4 Å². The molecule has 7 nitrogen and oxygen atoms in total. The summed E-state index contributed by atoms with van der Waals surface area (Å²) < 4.78 is 5.59. The summed E-state index contributed by atoms with van der Waals surface area (Å²) in [5.41, 5.74) is 1.16. The third kappa shape index (κ3) is 5.81. The molecule has 3 atom stereocenters. The van der Waals surface area contributed by atoms with Crippen LogP contribution in [-0.2, 0) is 16.0 Å². The molecule has 0 bridgehead atoms. The Morgan fingerprint density at radius 1 is 1.15 bits per heavy atom. The van der Waals surface area contributed by atoms with Gasteiger partial charge in [0.2, 0.25) is 17.7 Å². The number of hydrogen-bond acceptors (Lipinski definition) is 5. The number of hydrogen-bond donors (Lipinski definition) is 1. The lowest BCUT2D eigenvalue weighted by Gasteiger charge is -2.33. The zero-order chi connectivity index (χ0) is 23.2. The van der Waals surface area contributed by atoms with E-state index >= 15 is 0 Å². The molecular weight excluding hydrogens is 416 g/mol. The van der Waals surface area contributed by atoms with E-state index in [0.717, 1.165) is 31.2 Å². The molecule has 1 saturated carbocycles. The van der Waals surface area contributed by atoms with Gasteiger partial charge < -0.3 is 14.7 Å². The lowest BCUT2D eigenvalue weighted by molar-refractivity contribution is -0.136. The molecule has 1 aliphatic carbocycles. The molecule has 1 N–H and O–H groups in total. The molecule has 2 aliphatic rings. The van der Waals surface area contributed by atoms with Crippen LogP contribution in [0.5, 0.6) is 0 Å². The average molecular weight is 453 g/mol. The molecule has 2 fully saturated rings. The highest BCUT2D eigenvalue weighted by atomic mass is 16.5. The summed E-state index contributed by atoms with van der Waals surface area (Å²) in [7, 11) is 0. The van der Waals surface area contributed by atoms with Crippen molar-refractivity contribution in [2.45, 2.75) is 83.1 Å². The van der Waals surface area contributed by atoms with Gasteiger partial charge in [0.15, 0.2) is 5.82 Å². The van der Waals surface area contributed by atoms with Crippen molar-refractivity contribution in [1.29, 1.82) is 0 Å². The van der Waals surface area contributed by atoms with Crippen LogP contribution in [0.3, 0.4) is 0 Å². The van der Waals surface area contributed by atoms with Gasteiger partial charge in [-0.1, -0.05) is 62.2 Å². The van der Waals surface area contributed by atoms with Crippen molar-refractivity contribution in [3.05, 3.63) is 47.6 Å². The summed E-state index contributed by atoms with van der Waals surface area (Å²) in [5, 5.41) is 7.25. The van der Waals surface area contributed by atoms with Crippen LogP contribution in [0.25, 0.3) is 0 Å². The van der Waals surface area contributed by atoms with Gasteiger partial charge in [0.25, 0.3) is 0 Å². The van der Waals surface area contributed by atoms with Crippen molar-refractivity contribution in [2.24, 2.45) is 5.92 Å². The highest BCUT2D eigenvalue weighted by molar-refractivity contribution is 5.82. The zero-order valence-electron chi connectivity index (χ0n) is 19.8. The van der Waals surface area contributed by atoms with Crippen LogP contribution in [-0.4, -0.2) is 46.0 Å². The van der Waals surface area contributed by atoms with Gasteiger partial charge in [-0.05, 0) is 37.7 Å². The monoisotopic (exact) mass is 452 g/mol. The van der Waals surface area contributed by atoms with Crippen molar-refractivity contribution in [1.82, 2.24) is 20.4 Å². The molecule has 2 heterocycles. The van der Waals surface area contributed by atoms with Gasteiger partial charge in [-0.3, -0.25) is 9.59 Å². The minimum atomic E-state index is -0.247. The molecule has 0 unspecified atom stereocenters. The summed E-state index contributed by atoms with van der Waals surface area (Å²) in [5.74, 6) is 1.42. The lowest BCUT2D eigenvalue weighted by atomic mass is 9.99. The first kappa shape index (κ1) is 23.5. The number of rotatable bonds is 5. The highest BCUT2D eigenvalue weighted by Crippen LogP contribution is 2.41. The quantitative estimate of drug-likeness (QED) is 0.734. The fourth-order valence-corrected chi connectivity index (χ4v) is 5.11. The van der Waals surface area contributed by atoms with E-state index in [4.69, 9.17) is 4.52 Å². The van der Waals surface area contributed by atoms with Gasteiger partial charge in [-0.15, -0.1) is 0 Å². The molecule has 1 aromatic heterocycles. The number of carbonyl (C=O) groups excluding carboxylic acids is 2. The summed E-state index contributed by atoms with van der Waals surface area (Å²) >= 11 is 0. The normalized spacial score (nSPS) is 24.3. The molecule has 1 aliphatic heterocycles. The lowest BCUT2D eigenvalue weighted by Crippen LogP contribution is -2.47. The molecule has 178 valence electrons. The minimum Gasteiger partial charge on any atom is -0.356 e. The highest BCUT2D eigenvalue weighted by Gasteiger charge is 2.45. The molecule has 2 amide bonds. The second kappa shape index (κ2) is 10.9. The Balaban J connectivity index is 1.54. The Labute approximate surface area is 196 Å². The van der Waals surface area contributed by atoms with E-state index in [-0.39, 0.29) is 35.6 Å². The number of aromatic nitrogens is 2. The first-order valence-electron chi connectivity index (χ1n) is 12.5. The average Bonchev–Trinajstić information content (AvgIpc) is 3.47. The van der Waals surface area contributed by atoms with Crippen molar-refractivity contribution in [3.63, 3.8) is 0 Å². The van der Waals surface area contributed by atoms with Gasteiger partial charge >= 0.3 is 0 Å². The fourth-order valence-electron chi connectivity index (χ4n) is 5.11. The maximum absolute atomic E-state index is 13.4. The van der Waals surface area contributed by atoms with E-state index in [9.17, 15) is 9.59 Å².